The molecule has 118 valence electrons. The smallest absolute Gasteiger partial charge is 0.227 e. The van der Waals surface area contributed by atoms with Gasteiger partial charge in [-0.2, -0.15) is 0 Å². The first-order valence-electron chi connectivity index (χ1n) is 7.01. The highest BCUT2D eigenvalue weighted by molar-refractivity contribution is 5.67. The van der Waals surface area contributed by atoms with Gasteiger partial charge in [-0.05, 0) is 31.2 Å². The lowest BCUT2D eigenvalue weighted by Crippen LogP contribution is -2.06. The molecule has 0 unspecified atom stereocenters. The molecule has 3 rings (SSSR count). The minimum Gasteiger partial charge on any atom is -0.494 e. The zero-order valence-electron chi connectivity index (χ0n) is 13.1. The Morgan fingerprint density at radius 3 is 2.26 bits per heavy atom. The number of aromatic nitrogens is 4. The van der Waals surface area contributed by atoms with Crippen LogP contribution in [0.2, 0.25) is 0 Å². The Labute approximate surface area is 133 Å². The monoisotopic (exact) mass is 311 g/mol. The first kappa shape index (κ1) is 14.8. The van der Waals surface area contributed by atoms with E-state index in [1.54, 1.807) is 25.0 Å². The lowest BCUT2D eigenvalue weighted by molar-refractivity contribution is 0.391. The van der Waals surface area contributed by atoms with Gasteiger partial charge >= 0.3 is 0 Å². The number of nitrogens with zero attached hydrogens (tertiary/aromatic N) is 4. The van der Waals surface area contributed by atoms with E-state index >= 15 is 0 Å². The number of benzene rings is 1. The summed E-state index contributed by atoms with van der Waals surface area (Å²) >= 11 is 0. The van der Waals surface area contributed by atoms with E-state index in [9.17, 15) is 0 Å². The van der Waals surface area contributed by atoms with Crippen LogP contribution in [0.25, 0.3) is 17.1 Å². The van der Waals surface area contributed by atoms with Crippen molar-refractivity contribution in [2.75, 3.05) is 20.0 Å². The second-order valence-corrected chi connectivity index (χ2v) is 4.92. The highest BCUT2D eigenvalue weighted by atomic mass is 16.5. The predicted octanol–water partition coefficient (Wildman–Crippen LogP) is 2.24. The first-order chi connectivity index (χ1) is 11.2. The Morgan fingerprint density at radius 1 is 1.00 bits per heavy atom. The van der Waals surface area contributed by atoms with E-state index in [4.69, 9.17) is 15.2 Å². The van der Waals surface area contributed by atoms with Gasteiger partial charge < -0.3 is 15.2 Å². The van der Waals surface area contributed by atoms with Crippen LogP contribution in [0.15, 0.2) is 36.5 Å². The minimum absolute atomic E-state index is 0.239. The van der Waals surface area contributed by atoms with Crippen LogP contribution in [0.1, 0.15) is 5.69 Å². The van der Waals surface area contributed by atoms with Gasteiger partial charge in [-0.3, -0.25) is 9.55 Å². The molecule has 0 bridgehead atoms. The maximum Gasteiger partial charge on any atom is 0.227 e. The van der Waals surface area contributed by atoms with E-state index in [2.05, 4.69) is 15.2 Å². The van der Waals surface area contributed by atoms with Gasteiger partial charge in [0.15, 0.2) is 5.82 Å². The second kappa shape index (κ2) is 5.96. The summed E-state index contributed by atoms with van der Waals surface area (Å²) in [5.41, 5.74) is 8.41. The van der Waals surface area contributed by atoms with Gasteiger partial charge in [0, 0.05) is 17.5 Å². The molecule has 0 aliphatic carbocycles. The van der Waals surface area contributed by atoms with E-state index in [0.717, 1.165) is 11.3 Å². The van der Waals surface area contributed by atoms with Gasteiger partial charge in [0.05, 0.1) is 14.2 Å². The number of methoxy groups -OCH3 is 2. The fraction of sp³-hybridized carbons (Fsp3) is 0.188. The Kier molecular flexibility index (Phi) is 3.84. The van der Waals surface area contributed by atoms with Crippen LogP contribution in [-0.4, -0.2) is 34.0 Å². The maximum atomic E-state index is 6.05. The molecule has 2 N–H and O–H groups in total. The Bertz CT molecular complexity index is 805. The zero-order valence-corrected chi connectivity index (χ0v) is 13.1. The number of rotatable bonds is 4. The quantitative estimate of drug-likeness (QED) is 0.795. The van der Waals surface area contributed by atoms with Crippen molar-refractivity contribution >= 4 is 5.95 Å². The molecule has 1 aromatic carbocycles. The molecule has 0 fully saturated rings. The third kappa shape index (κ3) is 2.57. The van der Waals surface area contributed by atoms with E-state index < -0.39 is 0 Å². The fourth-order valence-electron chi connectivity index (χ4n) is 2.36. The summed E-state index contributed by atoms with van der Waals surface area (Å²) < 4.78 is 12.6. The molecule has 0 saturated carbocycles. The molecule has 0 spiro atoms. The summed E-state index contributed by atoms with van der Waals surface area (Å²) in [5.74, 6) is 2.02. The van der Waals surface area contributed by atoms with Crippen molar-refractivity contribution in [2.45, 2.75) is 6.92 Å². The van der Waals surface area contributed by atoms with Crippen molar-refractivity contribution in [3.8, 4) is 28.6 Å². The molecule has 0 saturated heterocycles. The third-order valence-electron chi connectivity index (χ3n) is 3.48. The number of hydrogen-bond acceptors (Lipinski definition) is 6. The average molecular weight is 311 g/mol. The van der Waals surface area contributed by atoms with Crippen molar-refractivity contribution in [3.05, 3.63) is 42.2 Å². The van der Waals surface area contributed by atoms with E-state index in [-0.39, 0.29) is 5.95 Å². The lowest BCUT2D eigenvalue weighted by atomic mass is 10.2. The van der Waals surface area contributed by atoms with E-state index in [0.29, 0.717) is 23.0 Å². The summed E-state index contributed by atoms with van der Waals surface area (Å²) in [7, 11) is 3.18. The van der Waals surface area contributed by atoms with Gasteiger partial charge in [-0.15, -0.1) is 10.2 Å². The van der Waals surface area contributed by atoms with Gasteiger partial charge in [0.25, 0.3) is 0 Å². The largest absolute Gasteiger partial charge is 0.494 e. The van der Waals surface area contributed by atoms with Crippen LogP contribution in [-0.2, 0) is 0 Å². The van der Waals surface area contributed by atoms with Gasteiger partial charge in [0.2, 0.25) is 5.95 Å². The number of nitrogens with two attached hydrogens (primary N) is 1. The molecular formula is C16H17N5O2. The van der Waals surface area contributed by atoms with Gasteiger partial charge in [0.1, 0.15) is 17.2 Å². The predicted molar refractivity (Wildman–Crippen MR) is 86.8 cm³/mol. The molecule has 0 radical (unpaired) electrons. The van der Waals surface area contributed by atoms with Crippen LogP contribution in [0.3, 0.4) is 0 Å². The molecule has 3 aromatic rings. The molecule has 7 heteroatoms. The van der Waals surface area contributed by atoms with Gasteiger partial charge in [-0.1, -0.05) is 6.07 Å². The SMILES string of the molecule is COc1cccc(OC)c1-n1c(N)nnc1-c1ccc(C)nc1. The van der Waals surface area contributed by atoms with Crippen molar-refractivity contribution in [1.82, 2.24) is 19.7 Å². The Balaban J connectivity index is 2.26. The maximum absolute atomic E-state index is 6.05. The van der Waals surface area contributed by atoms with Crippen molar-refractivity contribution in [2.24, 2.45) is 0 Å². The number of nitrogen functional groups attached to an aromatic ring is 1. The van der Waals surface area contributed by atoms with Gasteiger partial charge in [-0.25, -0.2) is 0 Å². The molecule has 0 aliphatic heterocycles. The molecule has 0 amide bonds. The molecule has 2 heterocycles. The third-order valence-corrected chi connectivity index (χ3v) is 3.48. The number of aryl methyl sites for hydroxylation is 1. The topological polar surface area (TPSA) is 88.1 Å². The van der Waals surface area contributed by atoms with E-state index in [1.807, 2.05) is 37.3 Å². The van der Waals surface area contributed by atoms with Crippen LogP contribution in [0, 0.1) is 6.92 Å². The molecule has 2 aromatic heterocycles. The molecular weight excluding hydrogens is 294 g/mol. The standard InChI is InChI=1S/C16H17N5O2/c1-10-7-8-11(9-18-10)15-19-20-16(17)21(15)14-12(22-2)5-4-6-13(14)23-3/h4-9H,1-3H3,(H2,17,20). The van der Waals surface area contributed by atoms with E-state index in [1.165, 1.54) is 0 Å². The number of para-hydroxylation sites is 1. The summed E-state index contributed by atoms with van der Waals surface area (Å²) in [6, 6.07) is 9.33. The normalized spacial score (nSPS) is 10.6. The number of pyridine rings is 1. The number of hydrogen-bond donors (Lipinski definition) is 1. The Hall–Kier alpha value is -3.09. The summed E-state index contributed by atoms with van der Waals surface area (Å²) in [6.45, 7) is 1.92. The Morgan fingerprint density at radius 2 is 1.70 bits per heavy atom. The van der Waals surface area contributed by atoms with Crippen LogP contribution >= 0.6 is 0 Å². The summed E-state index contributed by atoms with van der Waals surface area (Å²) in [4.78, 5) is 4.30. The highest BCUT2D eigenvalue weighted by Crippen LogP contribution is 2.36. The molecule has 23 heavy (non-hydrogen) atoms. The van der Waals surface area contributed by atoms with Crippen molar-refractivity contribution in [1.29, 1.82) is 0 Å². The molecule has 7 nitrogen and oxygen atoms in total. The number of anilines is 1. The average Bonchev–Trinajstić information content (AvgIpc) is 2.96. The summed E-state index contributed by atoms with van der Waals surface area (Å²) in [6.07, 6.45) is 1.73. The minimum atomic E-state index is 0.239. The van der Waals surface area contributed by atoms with Crippen molar-refractivity contribution < 1.29 is 9.47 Å². The number of ether oxygens (including phenoxy) is 2. The molecule has 0 atom stereocenters. The van der Waals surface area contributed by atoms with Crippen LogP contribution in [0.5, 0.6) is 11.5 Å². The fourth-order valence-corrected chi connectivity index (χ4v) is 2.36. The lowest BCUT2D eigenvalue weighted by Gasteiger charge is -2.16. The molecule has 0 aliphatic rings. The zero-order chi connectivity index (χ0) is 16.4. The second-order valence-electron chi connectivity index (χ2n) is 4.92. The first-order valence-corrected chi connectivity index (χ1v) is 7.01. The summed E-state index contributed by atoms with van der Waals surface area (Å²) in [5, 5.41) is 8.17. The van der Waals surface area contributed by atoms with Crippen LogP contribution in [0.4, 0.5) is 5.95 Å². The highest BCUT2D eigenvalue weighted by Gasteiger charge is 2.20. The van der Waals surface area contributed by atoms with Crippen molar-refractivity contribution in [3.63, 3.8) is 0 Å². The van der Waals surface area contributed by atoms with Crippen LogP contribution < -0.4 is 15.2 Å².